The van der Waals surface area contributed by atoms with E-state index in [1.807, 2.05) is 98.0 Å². The molecule has 6 unspecified atom stereocenters. The van der Waals surface area contributed by atoms with E-state index >= 15 is 31.1 Å². The molecule has 0 bridgehead atoms. The molecule has 6 aliphatic heterocycles. The van der Waals surface area contributed by atoms with E-state index < -0.39 is 104 Å². The number of aryl methyl sites for hydroxylation is 3. The van der Waals surface area contributed by atoms with Gasteiger partial charge in [0, 0.05) is 129 Å². The van der Waals surface area contributed by atoms with Gasteiger partial charge >= 0.3 is 0 Å². The Labute approximate surface area is 819 Å². The highest BCUT2D eigenvalue weighted by Crippen LogP contribution is 2.53. The number of nitrogens with zero attached hydrogens (tertiary/aromatic N) is 15. The molecule has 4 amide bonds. The van der Waals surface area contributed by atoms with Crippen LogP contribution in [0, 0.1) is 55.7 Å². The van der Waals surface area contributed by atoms with Gasteiger partial charge in [-0.3, -0.25) is 62.2 Å². The minimum Gasteiger partial charge on any atom is -0.507 e. The number of carbonyl (C=O) groups is 4. The molecule has 6 aliphatic rings. The van der Waals surface area contributed by atoms with E-state index in [9.17, 15) is 44.1 Å². The maximum absolute atomic E-state index is 17.5. The highest BCUT2D eigenvalue weighted by molar-refractivity contribution is 6.35. The molecule has 0 spiro atoms. The van der Waals surface area contributed by atoms with Gasteiger partial charge in [0.25, 0.3) is 16.7 Å². The SMILES string of the molecule is C=CC(=O)N1CC2C(=O)Nc3c(c4cc(F)c(-c5c(O)cccc5Cl)c(F)c4n(-c4c(C)ccnc4C(C)C)c3=O)N2CC1C.C=CC(=O)N1CC2CN(C)c3c(c4cc(F)c(-c5c(O)cccc5Cl)c(F)c4n(-c4c(C)ccnc4C(C)C)c3=O)N2CC1C.C=CC(=O)N1CC2CN(CCCN(C)C)c3c(c4cc(F)c(-c5c(O)cccc5Cl)c(F)c4n(-c4c(C)ccnc4C(C)C)c3=O)N2CC1C. The van der Waals surface area contributed by atoms with Gasteiger partial charge in [-0.25, -0.2) is 26.3 Å². The van der Waals surface area contributed by atoms with Crippen molar-refractivity contribution in [1.29, 1.82) is 0 Å². The predicted molar refractivity (Wildman–Crippen MR) is 539 cm³/mol. The Bertz CT molecular complexity index is 7340. The van der Waals surface area contributed by atoms with Crippen molar-refractivity contribution in [2.75, 3.05) is 116 Å². The van der Waals surface area contributed by atoms with Crippen LogP contribution in [0.2, 0.25) is 15.1 Å². The third-order valence-corrected chi connectivity index (χ3v) is 28.2. The second-order valence-corrected chi connectivity index (χ2v) is 38.9. The number of piperazine rings is 3. The molecule has 6 atom stereocenters. The van der Waals surface area contributed by atoms with Crippen LogP contribution in [0.25, 0.3) is 83.2 Å². The van der Waals surface area contributed by atoms with Gasteiger partial charge < -0.3 is 64.7 Å². The van der Waals surface area contributed by atoms with E-state index in [0.29, 0.717) is 114 Å². The number of rotatable bonds is 16. The molecule has 0 radical (unpaired) electrons. The van der Waals surface area contributed by atoms with Crippen molar-refractivity contribution in [3.8, 4) is 67.7 Å². The lowest BCUT2D eigenvalue weighted by atomic mass is 9.95. The Morgan fingerprint density at radius 1 is 0.457 bits per heavy atom. The molecule has 35 heteroatoms. The van der Waals surface area contributed by atoms with E-state index in [2.05, 4.69) is 44.9 Å². The van der Waals surface area contributed by atoms with Gasteiger partial charge in [-0.15, -0.1) is 0 Å². The molecular formula is C105H107Cl3F6N16O10. The standard InChI is InChI=1S/C38H43ClF2N6O3.C34H34ClF2N5O3.C33H30ClF2N5O4/c1-8-29(49)45-20-24-19-44(16-10-15-43(6)7)37-36(46(24)18-23(45)5)25-17-27(40)31(30-26(39)11-9-12-28(30)48)32(41)35(25)47(38(37)50)34-22(4)13-14-42-33(34)21(2)3;1-7-25(44)40-16-20-15-39(6)33-32(41(20)14-19(40)5)21-13-23(36)27(26-22(35)9-8-10-24(26)43)28(37)31(21)42(34(33)45)30-18(4)11-12-38-29(30)17(2)3;1-6-23(43)39-14-21-32(44)38-28-31(40(21)13-17(39)5)18-12-20(35)25(24-19(34)8-7-9-22(24)42)26(36)30(18)41(33(28)45)29-16(4)10-11-37-27(29)15(2)3/h8-9,11-14,17,21,23-24,48H,1,10,15-16,18-20H2,2-7H3;7-13,17,19-20,43H,1,14-16H2,2-6H3;6-12,15,17,21,42H,1,13-14H2,2-5H3,(H,38,44). The largest absolute Gasteiger partial charge is 0.507 e. The van der Waals surface area contributed by atoms with Gasteiger partial charge in [-0.1, -0.05) is 114 Å². The van der Waals surface area contributed by atoms with E-state index in [0.717, 1.165) is 29.7 Å². The van der Waals surface area contributed by atoms with Crippen LogP contribution in [0.4, 0.5) is 60.5 Å². The molecule has 6 aromatic carbocycles. The Morgan fingerprint density at radius 2 is 0.800 bits per heavy atom. The van der Waals surface area contributed by atoms with Crippen LogP contribution in [0.3, 0.4) is 0 Å². The number of phenols is 3. The molecule has 26 nitrogen and oxygen atoms in total. The molecule has 3 fully saturated rings. The summed E-state index contributed by atoms with van der Waals surface area (Å²) in [6.45, 7) is 36.9. The summed E-state index contributed by atoms with van der Waals surface area (Å²) < 4.78 is 105. The Hall–Kier alpha value is -13.7. The fraction of sp³-hybridized carbons (Fsp3) is 0.333. The Kier molecular flexibility index (Phi) is 27.5. The van der Waals surface area contributed by atoms with Crippen LogP contribution < -0.4 is 46.5 Å². The van der Waals surface area contributed by atoms with Gasteiger partial charge in [0.15, 0.2) is 17.5 Å². The topological polar surface area (TPSA) is 275 Å². The van der Waals surface area contributed by atoms with Crippen molar-refractivity contribution in [3.05, 3.63) is 262 Å². The lowest BCUT2D eigenvalue weighted by Crippen LogP contribution is -2.64. The number of pyridine rings is 6. The number of aromatic hydroxyl groups is 3. The third kappa shape index (κ3) is 16.9. The van der Waals surface area contributed by atoms with Crippen molar-refractivity contribution in [2.24, 2.45) is 0 Å². The van der Waals surface area contributed by atoms with Gasteiger partial charge in [0.2, 0.25) is 23.6 Å². The number of halogens is 9. The highest BCUT2D eigenvalue weighted by Gasteiger charge is 2.49. The maximum Gasteiger partial charge on any atom is 0.281 e. The monoisotopic (exact) mass is 1970 g/mol. The summed E-state index contributed by atoms with van der Waals surface area (Å²) >= 11 is 19.2. The maximum atomic E-state index is 17.5. The van der Waals surface area contributed by atoms with E-state index in [1.54, 1.807) is 77.3 Å². The minimum absolute atomic E-state index is 0.00792. The van der Waals surface area contributed by atoms with Crippen LogP contribution in [0.15, 0.2) is 162 Å². The number of aromatic nitrogens is 6. The smallest absolute Gasteiger partial charge is 0.281 e. The average molecular weight is 1970 g/mol. The number of hydrogen-bond donors (Lipinski definition) is 4. The number of hydrogen-bond acceptors (Lipinski definition) is 19. The van der Waals surface area contributed by atoms with Crippen molar-refractivity contribution in [3.63, 3.8) is 0 Å². The fourth-order valence-corrected chi connectivity index (χ4v) is 21.6. The number of nitrogens with one attached hydrogen (secondary N) is 1. The minimum atomic E-state index is -1.13. The van der Waals surface area contributed by atoms with Gasteiger partial charge in [-0.05, 0) is 194 Å². The third-order valence-electron chi connectivity index (χ3n) is 27.3. The first-order chi connectivity index (χ1) is 66.5. The number of fused-ring (bicyclic) bond motifs is 15. The molecule has 0 saturated carbocycles. The van der Waals surface area contributed by atoms with Gasteiger partial charge in [0.05, 0.1) is 118 Å². The van der Waals surface area contributed by atoms with Crippen LogP contribution in [-0.2, 0) is 19.2 Å². The summed E-state index contributed by atoms with van der Waals surface area (Å²) in [4.78, 5) is 127. The second kappa shape index (κ2) is 38.8. The van der Waals surface area contributed by atoms with Crippen LogP contribution in [0.1, 0.15) is 120 Å². The molecule has 18 rings (SSSR count). The van der Waals surface area contributed by atoms with E-state index in [4.69, 9.17) is 34.8 Å². The lowest BCUT2D eigenvalue weighted by molar-refractivity contribution is -0.131. The van der Waals surface area contributed by atoms with Crippen LogP contribution in [-0.4, -0.2) is 210 Å². The lowest BCUT2D eigenvalue weighted by Gasteiger charge is -2.52. The zero-order valence-corrected chi connectivity index (χ0v) is 82.3. The summed E-state index contributed by atoms with van der Waals surface area (Å²) in [7, 11) is 5.73. The van der Waals surface area contributed by atoms with Crippen LogP contribution >= 0.6 is 34.8 Å². The van der Waals surface area contributed by atoms with Crippen molar-refractivity contribution < 1.29 is 60.8 Å². The zero-order chi connectivity index (χ0) is 101. The predicted octanol–water partition coefficient (Wildman–Crippen LogP) is 18.3. The molecule has 3 saturated heterocycles. The van der Waals surface area contributed by atoms with Crippen molar-refractivity contribution in [2.45, 2.75) is 144 Å². The molecule has 140 heavy (non-hydrogen) atoms. The number of benzene rings is 6. The Morgan fingerprint density at radius 3 is 1.16 bits per heavy atom. The number of phenolic OH excluding ortho intramolecular Hbond substituents is 3. The molecule has 4 N–H and O–H groups in total. The molecule has 0 aliphatic carbocycles. The summed E-state index contributed by atoms with van der Waals surface area (Å²) in [5, 5.41) is 35.1. The first-order valence-corrected chi connectivity index (χ1v) is 47.3. The molecule has 730 valence electrons. The van der Waals surface area contributed by atoms with Gasteiger partial charge in [-0.2, -0.15) is 0 Å². The van der Waals surface area contributed by atoms with Crippen molar-refractivity contribution in [1.82, 2.24) is 48.3 Å². The number of likely N-dealkylation sites (N-methyl/N-ethyl adjacent to an activating group) is 1. The molecular weight excluding hydrogens is 1870 g/mol. The highest BCUT2D eigenvalue weighted by atomic mass is 35.5. The summed E-state index contributed by atoms with van der Waals surface area (Å²) in [6.07, 6.45) is 9.34. The van der Waals surface area contributed by atoms with E-state index in [1.165, 1.54) is 92.9 Å². The zero-order valence-electron chi connectivity index (χ0n) is 80.0. The van der Waals surface area contributed by atoms with Gasteiger partial charge in [0.1, 0.15) is 57.8 Å². The summed E-state index contributed by atoms with van der Waals surface area (Å²) in [5.74, 6) is -9.15. The normalized spacial score (nSPS) is 17.7. The first-order valence-electron chi connectivity index (χ1n) is 46.1. The second-order valence-electron chi connectivity index (χ2n) is 37.7. The number of amides is 4. The number of carbonyl (C=O) groups excluding carboxylic acids is 4. The first kappa shape index (κ1) is 99.3. The van der Waals surface area contributed by atoms with Crippen LogP contribution in [0.5, 0.6) is 17.2 Å². The fourth-order valence-electron chi connectivity index (χ4n) is 20.8. The Balaban J connectivity index is 0.000000152. The molecule has 12 heterocycles. The summed E-state index contributed by atoms with van der Waals surface area (Å²) in [6, 6.07) is 18.9. The molecule has 12 aromatic rings. The summed E-state index contributed by atoms with van der Waals surface area (Å²) in [5.41, 5.74) is 1.49. The molecule has 6 aromatic heterocycles. The average Bonchev–Trinajstić information content (AvgIpc) is 0.676. The quantitative estimate of drug-likeness (QED) is 0.0517. The van der Waals surface area contributed by atoms with E-state index in [-0.39, 0.29) is 154 Å². The number of anilines is 6. The van der Waals surface area contributed by atoms with Crippen molar-refractivity contribution >= 4 is 125 Å².